The van der Waals surface area contributed by atoms with Gasteiger partial charge in [-0.15, -0.1) is 0 Å². The Morgan fingerprint density at radius 2 is 1.54 bits per heavy atom. The first-order valence-electron chi connectivity index (χ1n) is 9.36. The van der Waals surface area contributed by atoms with E-state index >= 15 is 0 Å². The van der Waals surface area contributed by atoms with Gasteiger partial charge in [0.2, 0.25) is 0 Å². The Labute approximate surface area is 151 Å². The molecule has 1 nitrogen and oxygen atoms in total. The zero-order valence-corrected chi connectivity index (χ0v) is 15.2. The zero-order chi connectivity index (χ0) is 16.6. The standard InChI is InChI=1S/C22H28ClN/c23-22-9-5-4-8-21(22)7-3-1-2-6-18-10-12-19(13-11-18)20-14-16-24-17-15-20/h4-5,8-13,20,24H,1-3,6-7,14-17H2. The Balaban J connectivity index is 1.38. The molecule has 0 spiro atoms. The average molecular weight is 342 g/mol. The van der Waals surface area contributed by atoms with Gasteiger partial charge in [0, 0.05) is 5.02 Å². The molecule has 0 atom stereocenters. The molecule has 2 heteroatoms. The summed E-state index contributed by atoms with van der Waals surface area (Å²) in [5.74, 6) is 0.760. The molecule has 0 bridgehead atoms. The van der Waals surface area contributed by atoms with Crippen LogP contribution in [-0.2, 0) is 12.8 Å². The smallest absolute Gasteiger partial charge is 0.0437 e. The molecular weight excluding hydrogens is 314 g/mol. The van der Waals surface area contributed by atoms with Crippen molar-refractivity contribution in [1.29, 1.82) is 0 Å². The maximum atomic E-state index is 6.21. The highest BCUT2D eigenvalue weighted by Crippen LogP contribution is 2.25. The predicted octanol–water partition coefficient (Wildman–Crippen LogP) is 5.76. The third kappa shape index (κ3) is 5.09. The lowest BCUT2D eigenvalue weighted by Gasteiger charge is -2.23. The molecule has 1 heterocycles. The van der Waals surface area contributed by atoms with Gasteiger partial charge in [-0.25, -0.2) is 0 Å². The highest BCUT2D eigenvalue weighted by atomic mass is 35.5. The third-order valence-electron chi connectivity index (χ3n) is 5.16. The van der Waals surface area contributed by atoms with Gasteiger partial charge in [-0.2, -0.15) is 0 Å². The van der Waals surface area contributed by atoms with Crippen molar-refractivity contribution in [3.8, 4) is 0 Å². The van der Waals surface area contributed by atoms with Crippen LogP contribution in [0.5, 0.6) is 0 Å². The third-order valence-corrected chi connectivity index (χ3v) is 5.53. The zero-order valence-electron chi connectivity index (χ0n) is 14.4. The second-order valence-corrected chi connectivity index (χ2v) is 7.33. The monoisotopic (exact) mass is 341 g/mol. The number of nitrogens with one attached hydrogen (secondary N) is 1. The number of aryl methyl sites for hydroxylation is 2. The van der Waals surface area contributed by atoms with E-state index in [9.17, 15) is 0 Å². The molecule has 0 unspecified atom stereocenters. The van der Waals surface area contributed by atoms with E-state index in [0.29, 0.717) is 0 Å². The Kier molecular flexibility index (Phi) is 6.75. The second-order valence-electron chi connectivity index (χ2n) is 6.92. The summed E-state index contributed by atoms with van der Waals surface area (Å²) >= 11 is 6.21. The van der Waals surface area contributed by atoms with E-state index in [-0.39, 0.29) is 0 Å². The van der Waals surface area contributed by atoms with E-state index in [4.69, 9.17) is 11.6 Å². The molecule has 0 aromatic heterocycles. The Morgan fingerprint density at radius 3 is 2.29 bits per heavy atom. The average Bonchev–Trinajstić information content (AvgIpc) is 2.64. The minimum Gasteiger partial charge on any atom is -0.317 e. The number of hydrogen-bond donors (Lipinski definition) is 1. The summed E-state index contributed by atoms with van der Waals surface area (Å²) in [4.78, 5) is 0. The molecule has 0 amide bonds. The lowest BCUT2D eigenvalue weighted by Crippen LogP contribution is -2.26. The van der Waals surface area contributed by atoms with E-state index in [1.165, 1.54) is 55.2 Å². The van der Waals surface area contributed by atoms with Crippen molar-refractivity contribution in [2.24, 2.45) is 0 Å². The van der Waals surface area contributed by atoms with Crippen LogP contribution in [-0.4, -0.2) is 13.1 Å². The van der Waals surface area contributed by atoms with Crippen molar-refractivity contribution in [2.75, 3.05) is 13.1 Å². The molecule has 2 aromatic carbocycles. The minimum atomic E-state index is 0.760. The Bertz CT molecular complexity index is 614. The summed E-state index contributed by atoms with van der Waals surface area (Å²) in [5.41, 5.74) is 4.29. The molecular formula is C22H28ClN. The van der Waals surface area contributed by atoms with Crippen LogP contribution in [0.15, 0.2) is 48.5 Å². The molecule has 3 rings (SSSR count). The fraction of sp³-hybridized carbons (Fsp3) is 0.455. The number of rotatable bonds is 7. The first kappa shape index (κ1) is 17.5. The molecule has 128 valence electrons. The summed E-state index contributed by atoms with van der Waals surface area (Å²) in [6.45, 7) is 2.33. The van der Waals surface area contributed by atoms with Crippen LogP contribution >= 0.6 is 11.6 Å². The van der Waals surface area contributed by atoms with Crippen molar-refractivity contribution in [2.45, 2.75) is 50.9 Å². The number of unbranched alkanes of at least 4 members (excludes halogenated alkanes) is 2. The highest BCUT2D eigenvalue weighted by Gasteiger charge is 2.14. The van der Waals surface area contributed by atoms with Crippen molar-refractivity contribution >= 4 is 11.6 Å². The maximum Gasteiger partial charge on any atom is 0.0437 e. The van der Waals surface area contributed by atoms with Gasteiger partial charge in [0.15, 0.2) is 0 Å². The van der Waals surface area contributed by atoms with Crippen LogP contribution in [0.2, 0.25) is 5.02 Å². The predicted molar refractivity (Wildman–Crippen MR) is 104 cm³/mol. The number of hydrogen-bond acceptors (Lipinski definition) is 1. The molecule has 1 aliphatic rings. The number of benzene rings is 2. The molecule has 0 saturated carbocycles. The van der Waals surface area contributed by atoms with Gasteiger partial charge in [0.25, 0.3) is 0 Å². The van der Waals surface area contributed by atoms with Crippen molar-refractivity contribution in [3.05, 3.63) is 70.2 Å². The van der Waals surface area contributed by atoms with E-state index in [2.05, 4.69) is 41.7 Å². The SMILES string of the molecule is Clc1ccccc1CCCCCc1ccc(C2CCNCC2)cc1. The van der Waals surface area contributed by atoms with Gasteiger partial charge in [-0.1, -0.05) is 60.5 Å². The van der Waals surface area contributed by atoms with Gasteiger partial charge in [-0.05, 0) is 80.3 Å². The lowest BCUT2D eigenvalue weighted by molar-refractivity contribution is 0.460. The molecule has 1 saturated heterocycles. The number of piperidine rings is 1. The van der Waals surface area contributed by atoms with E-state index in [0.717, 1.165) is 30.5 Å². The van der Waals surface area contributed by atoms with Crippen LogP contribution in [0.25, 0.3) is 0 Å². The summed E-state index contributed by atoms with van der Waals surface area (Å²) in [6, 6.07) is 17.6. The minimum absolute atomic E-state index is 0.760. The van der Waals surface area contributed by atoms with E-state index < -0.39 is 0 Å². The van der Waals surface area contributed by atoms with E-state index in [1.807, 2.05) is 12.1 Å². The van der Waals surface area contributed by atoms with Gasteiger partial charge >= 0.3 is 0 Å². The second kappa shape index (κ2) is 9.25. The summed E-state index contributed by atoms with van der Waals surface area (Å²) < 4.78 is 0. The first-order valence-corrected chi connectivity index (χ1v) is 9.74. The Hall–Kier alpha value is -1.31. The molecule has 0 aliphatic carbocycles. The lowest BCUT2D eigenvalue weighted by atomic mass is 9.89. The van der Waals surface area contributed by atoms with Crippen molar-refractivity contribution < 1.29 is 0 Å². The molecule has 0 radical (unpaired) electrons. The maximum absolute atomic E-state index is 6.21. The van der Waals surface area contributed by atoms with E-state index in [1.54, 1.807) is 0 Å². The van der Waals surface area contributed by atoms with Crippen LogP contribution in [0.3, 0.4) is 0 Å². The normalized spacial score (nSPS) is 15.5. The summed E-state index contributed by atoms with van der Waals surface area (Å²) in [6.07, 6.45) is 8.58. The highest BCUT2D eigenvalue weighted by molar-refractivity contribution is 6.31. The molecule has 1 aliphatic heterocycles. The summed E-state index contributed by atoms with van der Waals surface area (Å²) in [7, 11) is 0. The number of halogens is 1. The molecule has 2 aromatic rings. The fourth-order valence-corrected chi connectivity index (χ4v) is 3.86. The molecule has 1 fully saturated rings. The fourth-order valence-electron chi connectivity index (χ4n) is 3.63. The van der Waals surface area contributed by atoms with Crippen LogP contribution in [0.4, 0.5) is 0 Å². The molecule has 24 heavy (non-hydrogen) atoms. The van der Waals surface area contributed by atoms with Crippen LogP contribution < -0.4 is 5.32 Å². The van der Waals surface area contributed by atoms with Crippen LogP contribution in [0, 0.1) is 0 Å². The van der Waals surface area contributed by atoms with Gasteiger partial charge in [-0.3, -0.25) is 0 Å². The van der Waals surface area contributed by atoms with Crippen molar-refractivity contribution in [1.82, 2.24) is 5.32 Å². The topological polar surface area (TPSA) is 12.0 Å². The summed E-state index contributed by atoms with van der Waals surface area (Å²) in [5, 5.41) is 4.35. The van der Waals surface area contributed by atoms with Crippen LogP contribution in [0.1, 0.15) is 54.7 Å². The van der Waals surface area contributed by atoms with Gasteiger partial charge in [0.05, 0.1) is 0 Å². The Morgan fingerprint density at radius 1 is 0.833 bits per heavy atom. The largest absolute Gasteiger partial charge is 0.317 e. The first-order chi connectivity index (χ1) is 11.8. The quantitative estimate of drug-likeness (QED) is 0.631. The van der Waals surface area contributed by atoms with Gasteiger partial charge < -0.3 is 5.32 Å². The van der Waals surface area contributed by atoms with Crippen molar-refractivity contribution in [3.63, 3.8) is 0 Å². The van der Waals surface area contributed by atoms with Gasteiger partial charge in [0.1, 0.15) is 0 Å². The molecule has 1 N–H and O–H groups in total.